The Balaban J connectivity index is 1.02. The highest BCUT2D eigenvalue weighted by molar-refractivity contribution is 6.30. The molecule has 9 heteroatoms. The second-order valence-electron chi connectivity index (χ2n) is 10.6. The normalized spacial score (nSPS) is 23.9. The number of carbonyl (C=O) groups excluding carboxylic acids is 1. The van der Waals surface area contributed by atoms with Gasteiger partial charge in [0.2, 0.25) is 11.9 Å². The molecule has 2 saturated heterocycles. The summed E-state index contributed by atoms with van der Waals surface area (Å²) in [5.74, 6) is 3.05. The number of amides is 1. The zero-order valence-electron chi connectivity index (χ0n) is 21.5. The van der Waals surface area contributed by atoms with Gasteiger partial charge in [-0.3, -0.25) is 4.79 Å². The standard InChI is InChI=1S/C28H36ClFN4O3/c1-36-18-23-3-2-9-34(23)27(35)14-21-4-5-24(15-26(21)30)37-12-8-20-13-25(20)19-6-10-33(11-7-19)28-31-16-22(29)17-32-28/h4-5,15-17,19-20,23,25H,2-3,6-14,18H2,1H3/t20-,23-,25-/m0/s1. The van der Waals surface area contributed by atoms with Crippen molar-refractivity contribution in [1.82, 2.24) is 14.9 Å². The van der Waals surface area contributed by atoms with Crippen LogP contribution in [-0.4, -0.2) is 66.8 Å². The van der Waals surface area contributed by atoms with Gasteiger partial charge in [-0.25, -0.2) is 14.4 Å². The van der Waals surface area contributed by atoms with E-state index in [1.54, 1.807) is 31.6 Å². The van der Waals surface area contributed by atoms with Gasteiger partial charge < -0.3 is 19.3 Å². The van der Waals surface area contributed by atoms with Crippen LogP contribution >= 0.6 is 11.6 Å². The highest BCUT2D eigenvalue weighted by atomic mass is 35.5. The number of rotatable bonds is 10. The average Bonchev–Trinajstić information content (AvgIpc) is 3.52. The maximum Gasteiger partial charge on any atom is 0.227 e. The number of hydrogen-bond acceptors (Lipinski definition) is 6. The molecule has 0 unspecified atom stereocenters. The van der Waals surface area contributed by atoms with E-state index in [-0.39, 0.29) is 24.2 Å². The van der Waals surface area contributed by atoms with Crippen molar-refractivity contribution < 1.29 is 18.7 Å². The monoisotopic (exact) mass is 530 g/mol. The van der Waals surface area contributed by atoms with Gasteiger partial charge in [0.15, 0.2) is 0 Å². The fraction of sp³-hybridized carbons (Fsp3) is 0.607. The molecule has 1 amide bonds. The minimum Gasteiger partial charge on any atom is -0.493 e. The second kappa shape index (κ2) is 11.9. The largest absolute Gasteiger partial charge is 0.493 e. The van der Waals surface area contributed by atoms with Crippen LogP contribution in [0.15, 0.2) is 30.6 Å². The van der Waals surface area contributed by atoms with Crippen LogP contribution in [-0.2, 0) is 16.0 Å². The van der Waals surface area contributed by atoms with Gasteiger partial charge in [0, 0.05) is 32.8 Å². The molecule has 0 radical (unpaired) electrons. The lowest BCUT2D eigenvalue weighted by atomic mass is 9.90. The SMILES string of the molecule is COC[C@@H]1CCCN1C(=O)Cc1ccc(OCC[C@H]2C[C@H]2C2CCN(c3ncc(Cl)cn3)CC2)cc1F. The molecular weight excluding hydrogens is 495 g/mol. The lowest BCUT2D eigenvalue weighted by Gasteiger charge is -2.32. The van der Waals surface area contributed by atoms with Crippen LogP contribution in [0.1, 0.15) is 44.1 Å². The summed E-state index contributed by atoms with van der Waals surface area (Å²) in [5, 5.41) is 0.560. The molecule has 1 aromatic carbocycles. The Morgan fingerprint density at radius 3 is 2.68 bits per heavy atom. The van der Waals surface area contributed by atoms with E-state index in [9.17, 15) is 9.18 Å². The van der Waals surface area contributed by atoms with E-state index in [4.69, 9.17) is 21.1 Å². The van der Waals surface area contributed by atoms with Crippen molar-refractivity contribution in [2.45, 2.75) is 51.0 Å². The Kier molecular flexibility index (Phi) is 8.45. The molecule has 2 aromatic rings. The molecule has 0 bridgehead atoms. The summed E-state index contributed by atoms with van der Waals surface area (Å²) in [7, 11) is 1.64. The van der Waals surface area contributed by atoms with Crippen LogP contribution in [0.4, 0.5) is 10.3 Å². The number of benzene rings is 1. The van der Waals surface area contributed by atoms with Gasteiger partial charge in [0.25, 0.3) is 0 Å². The molecular formula is C28H36ClFN4O3. The number of anilines is 1. The van der Waals surface area contributed by atoms with Gasteiger partial charge in [0.05, 0.1) is 43.1 Å². The fourth-order valence-electron chi connectivity index (χ4n) is 6.06. The zero-order valence-corrected chi connectivity index (χ0v) is 22.2. The maximum absolute atomic E-state index is 14.7. The molecule has 1 aliphatic carbocycles. The highest BCUT2D eigenvalue weighted by Gasteiger charge is 2.43. The summed E-state index contributed by atoms with van der Waals surface area (Å²) in [4.78, 5) is 25.5. The Morgan fingerprint density at radius 2 is 1.95 bits per heavy atom. The highest BCUT2D eigenvalue weighted by Crippen LogP contribution is 2.49. The minimum atomic E-state index is -0.380. The first-order valence-electron chi connectivity index (χ1n) is 13.4. The summed E-state index contributed by atoms with van der Waals surface area (Å²) in [6.07, 6.45) is 9.83. The number of carbonyl (C=O) groups is 1. The van der Waals surface area contributed by atoms with E-state index >= 15 is 0 Å². The molecule has 200 valence electrons. The second-order valence-corrected chi connectivity index (χ2v) is 11.0. The van der Waals surface area contributed by atoms with E-state index in [0.29, 0.717) is 42.0 Å². The van der Waals surface area contributed by atoms with Gasteiger partial charge in [-0.05, 0) is 67.9 Å². The number of piperidine rings is 1. The number of hydrogen-bond donors (Lipinski definition) is 0. The Morgan fingerprint density at radius 1 is 1.16 bits per heavy atom. The molecule has 5 rings (SSSR count). The van der Waals surface area contributed by atoms with Crippen molar-refractivity contribution in [3.05, 3.63) is 47.0 Å². The molecule has 0 N–H and O–H groups in total. The lowest BCUT2D eigenvalue weighted by Crippen LogP contribution is -2.39. The third-order valence-electron chi connectivity index (χ3n) is 8.19. The molecule has 1 aromatic heterocycles. The number of ether oxygens (including phenoxy) is 2. The average molecular weight is 531 g/mol. The van der Waals surface area contributed by atoms with Crippen LogP contribution in [0, 0.1) is 23.6 Å². The molecule has 3 heterocycles. The number of methoxy groups -OCH3 is 1. The molecule has 3 fully saturated rings. The fourth-order valence-corrected chi connectivity index (χ4v) is 6.16. The van der Waals surface area contributed by atoms with Gasteiger partial charge in [0.1, 0.15) is 11.6 Å². The number of likely N-dealkylation sites (tertiary alicyclic amines) is 1. The van der Waals surface area contributed by atoms with Crippen LogP contribution in [0.5, 0.6) is 5.75 Å². The van der Waals surface area contributed by atoms with Crippen LogP contribution < -0.4 is 9.64 Å². The Labute approximate surface area is 223 Å². The summed E-state index contributed by atoms with van der Waals surface area (Å²) < 4.78 is 25.8. The Bertz CT molecular complexity index is 1060. The summed E-state index contributed by atoms with van der Waals surface area (Å²) in [5.41, 5.74) is 0.415. The first-order valence-corrected chi connectivity index (χ1v) is 13.8. The first kappa shape index (κ1) is 26.2. The third kappa shape index (κ3) is 6.52. The Hall–Kier alpha value is -2.45. The molecule has 37 heavy (non-hydrogen) atoms. The third-order valence-corrected chi connectivity index (χ3v) is 8.39. The molecule has 2 aliphatic heterocycles. The zero-order chi connectivity index (χ0) is 25.8. The quantitative estimate of drug-likeness (QED) is 0.441. The van der Waals surface area contributed by atoms with E-state index in [0.717, 1.165) is 63.0 Å². The number of halogens is 2. The van der Waals surface area contributed by atoms with Crippen LogP contribution in [0.2, 0.25) is 5.02 Å². The van der Waals surface area contributed by atoms with E-state index in [1.165, 1.54) is 12.5 Å². The topological polar surface area (TPSA) is 67.8 Å². The summed E-state index contributed by atoms with van der Waals surface area (Å²) in [6.45, 7) is 3.78. The first-order chi connectivity index (χ1) is 18.0. The maximum atomic E-state index is 14.7. The van der Waals surface area contributed by atoms with Crippen LogP contribution in [0.3, 0.4) is 0 Å². The van der Waals surface area contributed by atoms with E-state index in [1.807, 2.05) is 4.90 Å². The van der Waals surface area contributed by atoms with Crippen molar-refractivity contribution in [2.75, 3.05) is 44.9 Å². The van der Waals surface area contributed by atoms with Gasteiger partial charge in [-0.15, -0.1) is 0 Å². The summed E-state index contributed by atoms with van der Waals surface area (Å²) >= 11 is 5.90. The van der Waals surface area contributed by atoms with Crippen LogP contribution in [0.25, 0.3) is 0 Å². The van der Waals surface area contributed by atoms with Crippen molar-refractivity contribution >= 4 is 23.5 Å². The lowest BCUT2D eigenvalue weighted by molar-refractivity contribution is -0.132. The van der Waals surface area contributed by atoms with E-state index in [2.05, 4.69) is 14.9 Å². The summed E-state index contributed by atoms with van der Waals surface area (Å²) in [6, 6.07) is 4.97. The van der Waals surface area contributed by atoms with Gasteiger partial charge in [-0.1, -0.05) is 17.7 Å². The van der Waals surface area contributed by atoms with Crippen molar-refractivity contribution in [1.29, 1.82) is 0 Å². The molecule has 3 atom stereocenters. The molecule has 3 aliphatic rings. The molecule has 7 nitrogen and oxygen atoms in total. The predicted molar refractivity (Wildman–Crippen MR) is 140 cm³/mol. The number of nitrogens with zero attached hydrogens (tertiary/aromatic N) is 4. The van der Waals surface area contributed by atoms with Crippen molar-refractivity contribution in [2.24, 2.45) is 17.8 Å². The minimum absolute atomic E-state index is 0.0431. The smallest absolute Gasteiger partial charge is 0.227 e. The predicted octanol–water partition coefficient (Wildman–Crippen LogP) is 4.77. The van der Waals surface area contributed by atoms with Gasteiger partial charge in [-0.2, -0.15) is 0 Å². The molecule has 0 spiro atoms. The van der Waals surface area contributed by atoms with E-state index < -0.39 is 0 Å². The molecule has 1 saturated carbocycles. The van der Waals surface area contributed by atoms with Crippen molar-refractivity contribution in [3.8, 4) is 5.75 Å². The number of aromatic nitrogens is 2. The van der Waals surface area contributed by atoms with Gasteiger partial charge >= 0.3 is 0 Å². The van der Waals surface area contributed by atoms with Crippen molar-refractivity contribution in [3.63, 3.8) is 0 Å².